The highest BCUT2D eigenvalue weighted by atomic mass is 16.3. The second-order valence-electron chi connectivity index (χ2n) is 5.93. The number of anilines is 1. The fraction of sp³-hybridized carbons (Fsp3) is 0.368. The molecule has 2 aromatic carbocycles. The third-order valence-electron chi connectivity index (χ3n) is 4.40. The van der Waals surface area contributed by atoms with Gasteiger partial charge in [-0.3, -0.25) is 0 Å². The maximum atomic E-state index is 9.81. The van der Waals surface area contributed by atoms with Crippen molar-refractivity contribution in [2.24, 2.45) is 0 Å². The number of benzene rings is 2. The van der Waals surface area contributed by atoms with Crippen LogP contribution in [0.2, 0.25) is 0 Å². The zero-order valence-electron chi connectivity index (χ0n) is 12.9. The minimum absolute atomic E-state index is 0.344. The lowest BCUT2D eigenvalue weighted by atomic mass is 10.0. The molecule has 0 aromatic heterocycles. The minimum atomic E-state index is 0.344. The first-order valence-corrected chi connectivity index (χ1v) is 8.13. The molecule has 0 spiro atoms. The minimum Gasteiger partial charge on any atom is -0.508 e. The molecule has 1 saturated heterocycles. The molecule has 0 bridgehead atoms. The van der Waals surface area contributed by atoms with Crippen LogP contribution in [0.1, 0.15) is 18.4 Å². The van der Waals surface area contributed by atoms with E-state index in [4.69, 9.17) is 0 Å². The summed E-state index contributed by atoms with van der Waals surface area (Å²) < 4.78 is 0. The normalized spacial score (nSPS) is 15.6. The van der Waals surface area contributed by atoms with Crippen molar-refractivity contribution in [3.63, 3.8) is 0 Å². The van der Waals surface area contributed by atoms with Gasteiger partial charge in [0.25, 0.3) is 0 Å². The van der Waals surface area contributed by atoms with Crippen LogP contribution >= 0.6 is 0 Å². The van der Waals surface area contributed by atoms with E-state index < -0.39 is 0 Å². The van der Waals surface area contributed by atoms with E-state index in [1.807, 2.05) is 12.1 Å². The van der Waals surface area contributed by atoms with Crippen LogP contribution < -0.4 is 10.2 Å². The van der Waals surface area contributed by atoms with E-state index in [0.717, 1.165) is 44.6 Å². The lowest BCUT2D eigenvalue weighted by Gasteiger charge is -2.36. The first-order valence-electron chi connectivity index (χ1n) is 8.13. The third-order valence-corrected chi connectivity index (χ3v) is 4.40. The number of hydrogen-bond donors (Lipinski definition) is 2. The third kappa shape index (κ3) is 3.80. The molecule has 3 rings (SSSR count). The number of piperidine rings is 1. The highest BCUT2D eigenvalue weighted by Crippen LogP contribution is 2.25. The van der Waals surface area contributed by atoms with E-state index in [2.05, 4.69) is 46.6 Å². The van der Waals surface area contributed by atoms with Gasteiger partial charge >= 0.3 is 0 Å². The molecule has 1 aliphatic rings. The van der Waals surface area contributed by atoms with Crippen molar-refractivity contribution in [2.45, 2.75) is 25.3 Å². The molecule has 3 nitrogen and oxygen atoms in total. The molecule has 0 radical (unpaired) electrons. The van der Waals surface area contributed by atoms with E-state index in [0.29, 0.717) is 11.8 Å². The van der Waals surface area contributed by atoms with Crippen LogP contribution in [0, 0.1) is 0 Å². The van der Waals surface area contributed by atoms with Gasteiger partial charge in [-0.05, 0) is 50.0 Å². The second-order valence-corrected chi connectivity index (χ2v) is 5.93. The van der Waals surface area contributed by atoms with Gasteiger partial charge in [0.1, 0.15) is 5.75 Å². The van der Waals surface area contributed by atoms with Crippen LogP contribution in [0.4, 0.5) is 5.69 Å². The quantitative estimate of drug-likeness (QED) is 0.889. The van der Waals surface area contributed by atoms with Crippen LogP contribution in [-0.2, 0) is 6.42 Å². The molecule has 1 aliphatic heterocycles. The molecule has 0 atom stereocenters. The topological polar surface area (TPSA) is 35.5 Å². The van der Waals surface area contributed by atoms with E-state index in [-0.39, 0.29) is 0 Å². The Morgan fingerprint density at radius 3 is 2.50 bits per heavy atom. The van der Waals surface area contributed by atoms with Gasteiger partial charge in [-0.25, -0.2) is 0 Å². The maximum Gasteiger partial charge on any atom is 0.117 e. The van der Waals surface area contributed by atoms with Gasteiger partial charge in [0.2, 0.25) is 0 Å². The Labute approximate surface area is 132 Å². The van der Waals surface area contributed by atoms with Crippen LogP contribution in [0.15, 0.2) is 54.6 Å². The monoisotopic (exact) mass is 296 g/mol. The summed E-state index contributed by atoms with van der Waals surface area (Å²) in [5, 5.41) is 13.2. The van der Waals surface area contributed by atoms with Crippen LogP contribution in [0.5, 0.6) is 5.75 Å². The van der Waals surface area contributed by atoms with Gasteiger partial charge in [0.15, 0.2) is 0 Å². The van der Waals surface area contributed by atoms with Crippen molar-refractivity contribution < 1.29 is 5.11 Å². The molecule has 1 heterocycles. The smallest absolute Gasteiger partial charge is 0.117 e. The number of phenolic OH excluding ortho intramolecular Hbond substituents is 1. The molecule has 0 saturated carbocycles. The second kappa shape index (κ2) is 7.32. The summed E-state index contributed by atoms with van der Waals surface area (Å²) >= 11 is 0. The van der Waals surface area contributed by atoms with E-state index in [1.54, 1.807) is 6.07 Å². The summed E-state index contributed by atoms with van der Waals surface area (Å²) in [7, 11) is 0. The van der Waals surface area contributed by atoms with Gasteiger partial charge in [-0.15, -0.1) is 0 Å². The van der Waals surface area contributed by atoms with Crippen molar-refractivity contribution in [3.8, 4) is 5.75 Å². The Morgan fingerprint density at radius 2 is 1.77 bits per heavy atom. The highest BCUT2D eigenvalue weighted by molar-refractivity contribution is 5.51. The predicted molar refractivity (Wildman–Crippen MR) is 91.5 cm³/mol. The SMILES string of the molecule is Oc1cccc(N(CCc2ccccc2)C2CCNCC2)c1. The maximum absolute atomic E-state index is 9.81. The molecule has 1 fully saturated rings. The van der Waals surface area contributed by atoms with Gasteiger partial charge < -0.3 is 15.3 Å². The summed E-state index contributed by atoms with van der Waals surface area (Å²) in [5.74, 6) is 0.344. The number of nitrogens with one attached hydrogen (secondary N) is 1. The molecular formula is C19H24N2O. The van der Waals surface area contributed by atoms with Crippen molar-refractivity contribution in [1.29, 1.82) is 0 Å². The van der Waals surface area contributed by atoms with Crippen molar-refractivity contribution in [2.75, 3.05) is 24.5 Å². The summed E-state index contributed by atoms with van der Waals surface area (Å²) in [6.45, 7) is 3.13. The molecule has 0 aliphatic carbocycles. The highest BCUT2D eigenvalue weighted by Gasteiger charge is 2.21. The Morgan fingerprint density at radius 1 is 1.00 bits per heavy atom. The van der Waals surface area contributed by atoms with Gasteiger partial charge in [0.05, 0.1) is 0 Å². The van der Waals surface area contributed by atoms with Gasteiger partial charge in [-0.2, -0.15) is 0 Å². The number of nitrogens with zero attached hydrogens (tertiary/aromatic N) is 1. The molecule has 22 heavy (non-hydrogen) atoms. The number of rotatable bonds is 5. The first kappa shape index (κ1) is 14.9. The van der Waals surface area contributed by atoms with Crippen LogP contribution in [0.3, 0.4) is 0 Å². The van der Waals surface area contributed by atoms with Crippen molar-refractivity contribution in [1.82, 2.24) is 5.32 Å². The van der Waals surface area contributed by atoms with E-state index in [1.165, 1.54) is 5.56 Å². The Hall–Kier alpha value is -2.00. The van der Waals surface area contributed by atoms with Gasteiger partial charge in [0, 0.05) is 24.3 Å². The molecule has 0 unspecified atom stereocenters. The lowest BCUT2D eigenvalue weighted by molar-refractivity contribution is 0.429. The van der Waals surface area contributed by atoms with Crippen molar-refractivity contribution >= 4 is 5.69 Å². The number of phenols is 1. The first-order chi connectivity index (χ1) is 10.8. The average Bonchev–Trinajstić information content (AvgIpc) is 2.57. The number of aromatic hydroxyl groups is 1. The Kier molecular flexibility index (Phi) is 4.96. The average molecular weight is 296 g/mol. The fourth-order valence-electron chi connectivity index (χ4n) is 3.21. The number of hydrogen-bond acceptors (Lipinski definition) is 3. The largest absolute Gasteiger partial charge is 0.508 e. The molecule has 2 N–H and O–H groups in total. The van der Waals surface area contributed by atoms with Crippen molar-refractivity contribution in [3.05, 3.63) is 60.2 Å². The molecular weight excluding hydrogens is 272 g/mol. The Bertz CT molecular complexity index is 579. The molecule has 2 aromatic rings. The summed E-state index contributed by atoms with van der Waals surface area (Å²) in [4.78, 5) is 2.47. The standard InChI is InChI=1S/C19H24N2O/c22-19-8-4-7-18(15-19)21(17-9-12-20-13-10-17)14-11-16-5-2-1-3-6-16/h1-8,15,17,20,22H,9-14H2. The summed E-state index contributed by atoms with van der Waals surface area (Å²) in [6.07, 6.45) is 3.34. The summed E-state index contributed by atoms with van der Waals surface area (Å²) in [5.41, 5.74) is 2.49. The zero-order chi connectivity index (χ0) is 15.2. The van der Waals surface area contributed by atoms with Gasteiger partial charge in [-0.1, -0.05) is 36.4 Å². The Balaban J connectivity index is 1.76. The zero-order valence-corrected chi connectivity index (χ0v) is 12.9. The van der Waals surface area contributed by atoms with Crippen LogP contribution in [0.25, 0.3) is 0 Å². The molecule has 3 heteroatoms. The van der Waals surface area contributed by atoms with Crippen LogP contribution in [-0.4, -0.2) is 30.8 Å². The molecule has 0 amide bonds. The molecule has 116 valence electrons. The fourth-order valence-corrected chi connectivity index (χ4v) is 3.21. The lowest BCUT2D eigenvalue weighted by Crippen LogP contribution is -2.44. The predicted octanol–water partition coefficient (Wildman–Crippen LogP) is 3.19. The summed E-state index contributed by atoms with van der Waals surface area (Å²) in [6, 6.07) is 18.8. The van der Waals surface area contributed by atoms with E-state index in [9.17, 15) is 5.11 Å². The van der Waals surface area contributed by atoms with E-state index >= 15 is 0 Å².